The van der Waals surface area contributed by atoms with E-state index in [2.05, 4.69) is 5.32 Å². The minimum Gasteiger partial charge on any atom is -0.480 e. The first-order valence-electron chi connectivity index (χ1n) is 5.24. The molecule has 1 amide bonds. The maximum atomic E-state index is 11.8. The van der Waals surface area contributed by atoms with E-state index in [1.54, 1.807) is 14.0 Å². The lowest BCUT2D eigenvalue weighted by Crippen LogP contribution is -2.44. The van der Waals surface area contributed by atoms with E-state index in [9.17, 15) is 13.8 Å². The van der Waals surface area contributed by atoms with Crippen molar-refractivity contribution in [2.24, 2.45) is 0 Å². The van der Waals surface area contributed by atoms with Gasteiger partial charge in [0, 0.05) is 36.7 Å². The highest BCUT2D eigenvalue weighted by Crippen LogP contribution is 2.04. The summed E-state index contributed by atoms with van der Waals surface area (Å²) in [5, 5.41) is 11.0. The summed E-state index contributed by atoms with van der Waals surface area (Å²) in [6.07, 6.45) is 0.593. The summed E-state index contributed by atoms with van der Waals surface area (Å²) in [5.41, 5.74) is 0. The number of ether oxygens (including phenoxy) is 1. The zero-order valence-corrected chi connectivity index (χ0v) is 11.1. The van der Waals surface area contributed by atoms with E-state index >= 15 is 0 Å². The second-order valence-corrected chi connectivity index (χ2v) is 5.63. The first-order chi connectivity index (χ1) is 7.88. The molecular formula is C10H19NO5S. The maximum absolute atomic E-state index is 11.8. The number of hydrogen-bond donors (Lipinski definition) is 2. The van der Waals surface area contributed by atoms with Gasteiger partial charge in [-0.25, -0.2) is 4.79 Å². The fourth-order valence-electron chi connectivity index (χ4n) is 1.16. The Kier molecular flexibility index (Phi) is 7.73. The smallest absolute Gasteiger partial charge is 0.327 e. The second-order valence-electron chi connectivity index (χ2n) is 3.73. The Morgan fingerprint density at radius 1 is 1.47 bits per heavy atom. The predicted octanol–water partition coefficient (Wildman–Crippen LogP) is -0.251. The summed E-state index contributed by atoms with van der Waals surface area (Å²) in [7, 11) is 0.240. The molecule has 0 aromatic rings. The van der Waals surface area contributed by atoms with Crippen molar-refractivity contribution in [1.29, 1.82) is 0 Å². The van der Waals surface area contributed by atoms with Gasteiger partial charge in [0.2, 0.25) is 5.91 Å². The van der Waals surface area contributed by atoms with Crippen LogP contribution in [0.15, 0.2) is 0 Å². The summed E-state index contributed by atoms with van der Waals surface area (Å²) >= 11 is 0. The highest BCUT2D eigenvalue weighted by atomic mass is 32.2. The molecule has 3 atom stereocenters. The molecule has 2 N–H and O–H groups in total. The molecule has 17 heavy (non-hydrogen) atoms. The molecule has 0 fully saturated rings. The number of carboxylic acids is 1. The minimum absolute atomic E-state index is 0.0835. The number of hydrogen-bond acceptors (Lipinski definition) is 4. The van der Waals surface area contributed by atoms with Crippen LogP contribution in [0, 0.1) is 0 Å². The van der Waals surface area contributed by atoms with E-state index in [1.165, 1.54) is 6.92 Å². The number of amides is 1. The third-order valence-corrected chi connectivity index (χ3v) is 3.98. The number of methoxy groups -OCH3 is 1. The molecule has 0 heterocycles. The van der Waals surface area contributed by atoms with E-state index in [1.807, 2.05) is 0 Å². The fourth-order valence-corrected chi connectivity index (χ4v) is 2.41. The van der Waals surface area contributed by atoms with Crippen LogP contribution < -0.4 is 5.32 Å². The van der Waals surface area contributed by atoms with Gasteiger partial charge in [0.1, 0.15) is 6.04 Å². The van der Waals surface area contributed by atoms with Gasteiger partial charge in [-0.15, -0.1) is 0 Å². The first kappa shape index (κ1) is 16.1. The molecule has 0 saturated carbocycles. The Morgan fingerprint density at radius 2 is 2.06 bits per heavy atom. The number of nitrogens with one attached hydrogen (secondary N) is 1. The van der Waals surface area contributed by atoms with Gasteiger partial charge in [-0.1, -0.05) is 6.92 Å². The van der Waals surface area contributed by atoms with Crippen molar-refractivity contribution in [3.8, 4) is 0 Å². The van der Waals surface area contributed by atoms with Crippen molar-refractivity contribution in [2.45, 2.75) is 31.6 Å². The van der Waals surface area contributed by atoms with E-state index < -0.39 is 28.7 Å². The molecule has 0 radical (unpaired) electrons. The summed E-state index contributed by atoms with van der Waals surface area (Å²) in [5.74, 6) is -1.70. The molecule has 7 heteroatoms. The lowest BCUT2D eigenvalue weighted by atomic mass is 10.3. The lowest BCUT2D eigenvalue weighted by molar-refractivity contribution is -0.140. The monoisotopic (exact) mass is 265 g/mol. The van der Waals surface area contributed by atoms with Crippen LogP contribution in [0.1, 0.15) is 20.3 Å². The van der Waals surface area contributed by atoms with Crippen LogP contribution in [0.25, 0.3) is 0 Å². The van der Waals surface area contributed by atoms with Gasteiger partial charge >= 0.3 is 5.97 Å². The Bertz CT molecular complexity index is 294. The van der Waals surface area contributed by atoms with Crippen LogP contribution in [-0.2, 0) is 25.1 Å². The van der Waals surface area contributed by atoms with E-state index in [-0.39, 0.29) is 11.0 Å². The van der Waals surface area contributed by atoms with E-state index in [4.69, 9.17) is 9.84 Å². The third-order valence-electron chi connectivity index (χ3n) is 2.18. The largest absolute Gasteiger partial charge is 0.480 e. The number of rotatable bonds is 8. The highest BCUT2D eigenvalue weighted by Gasteiger charge is 2.23. The van der Waals surface area contributed by atoms with Crippen molar-refractivity contribution < 1.29 is 23.6 Å². The van der Waals surface area contributed by atoms with E-state index in [0.29, 0.717) is 13.0 Å². The number of carbonyl (C=O) groups is 2. The Morgan fingerprint density at radius 3 is 2.47 bits per heavy atom. The van der Waals surface area contributed by atoms with Gasteiger partial charge in [0.05, 0.1) is 5.75 Å². The van der Waals surface area contributed by atoms with Gasteiger partial charge < -0.3 is 15.2 Å². The Labute approximate surface area is 103 Å². The zero-order chi connectivity index (χ0) is 13.4. The molecule has 100 valence electrons. The number of carboxylic acid groups (broad SMARTS) is 1. The summed E-state index contributed by atoms with van der Waals surface area (Å²) in [4.78, 5) is 21.6. The molecule has 0 saturated heterocycles. The highest BCUT2D eigenvalue weighted by molar-refractivity contribution is 7.85. The molecule has 2 unspecified atom stereocenters. The van der Waals surface area contributed by atoms with Gasteiger partial charge in [-0.3, -0.25) is 9.00 Å². The molecule has 6 nitrogen and oxygen atoms in total. The summed E-state index contributed by atoms with van der Waals surface area (Å²) < 4.78 is 16.6. The molecule has 0 spiro atoms. The Hall–Kier alpha value is -0.950. The molecule has 0 aliphatic rings. The topological polar surface area (TPSA) is 92.7 Å². The van der Waals surface area contributed by atoms with Crippen molar-refractivity contribution >= 4 is 22.7 Å². The van der Waals surface area contributed by atoms with Gasteiger partial charge in [-0.05, 0) is 6.42 Å². The average molecular weight is 265 g/mol. The van der Waals surface area contributed by atoms with Gasteiger partial charge in [0.25, 0.3) is 0 Å². The second kappa shape index (κ2) is 8.19. The summed E-state index contributed by atoms with van der Waals surface area (Å²) in [6.45, 7) is 3.47. The quantitative estimate of drug-likeness (QED) is 0.631. The van der Waals surface area contributed by atoms with Crippen molar-refractivity contribution in [2.75, 3.05) is 19.5 Å². The van der Waals surface area contributed by atoms with Crippen LogP contribution in [-0.4, -0.2) is 52.0 Å². The van der Waals surface area contributed by atoms with Crippen LogP contribution in [0.2, 0.25) is 0 Å². The maximum Gasteiger partial charge on any atom is 0.327 e. The molecule has 0 rings (SSSR count). The molecule has 0 aliphatic heterocycles. The average Bonchev–Trinajstić information content (AvgIpc) is 2.23. The van der Waals surface area contributed by atoms with Crippen molar-refractivity contribution in [1.82, 2.24) is 5.32 Å². The molecule has 0 bridgehead atoms. The van der Waals surface area contributed by atoms with Crippen molar-refractivity contribution in [3.63, 3.8) is 0 Å². The normalized spacial score (nSPS) is 15.9. The van der Waals surface area contributed by atoms with Crippen LogP contribution >= 0.6 is 0 Å². The molecular weight excluding hydrogens is 246 g/mol. The SMILES string of the molecule is COCCC(C)S(=O)C[C@H](NC(C)=O)C(=O)O. The molecule has 0 aromatic carbocycles. The lowest BCUT2D eigenvalue weighted by Gasteiger charge is -2.16. The zero-order valence-electron chi connectivity index (χ0n) is 10.3. The first-order valence-corrected chi connectivity index (χ1v) is 6.62. The minimum atomic E-state index is -1.31. The van der Waals surface area contributed by atoms with Crippen LogP contribution in [0.3, 0.4) is 0 Å². The summed E-state index contributed by atoms with van der Waals surface area (Å²) in [6, 6.07) is -1.10. The number of carbonyl (C=O) groups excluding carboxylic acids is 1. The van der Waals surface area contributed by atoms with E-state index in [0.717, 1.165) is 0 Å². The van der Waals surface area contributed by atoms with Crippen LogP contribution in [0.5, 0.6) is 0 Å². The molecule has 0 aromatic heterocycles. The Balaban J connectivity index is 4.29. The van der Waals surface area contributed by atoms with Gasteiger partial charge in [0.15, 0.2) is 0 Å². The van der Waals surface area contributed by atoms with Crippen LogP contribution in [0.4, 0.5) is 0 Å². The standard InChI is InChI=1S/C10H19NO5S/c1-7(4-5-16-3)17(15)6-9(10(13)14)11-8(2)12/h7,9H,4-6H2,1-3H3,(H,11,12)(H,13,14)/t7?,9-,17?/m0/s1. The van der Waals surface area contributed by atoms with Gasteiger partial charge in [-0.2, -0.15) is 0 Å². The van der Waals surface area contributed by atoms with Crippen molar-refractivity contribution in [3.05, 3.63) is 0 Å². The number of aliphatic carboxylic acids is 1. The fraction of sp³-hybridized carbons (Fsp3) is 0.800. The molecule has 0 aliphatic carbocycles. The third kappa shape index (κ3) is 7.06. The predicted molar refractivity (Wildman–Crippen MR) is 64.2 cm³/mol.